The van der Waals surface area contributed by atoms with Gasteiger partial charge in [0.25, 0.3) is 5.91 Å². The normalized spacial score (nSPS) is 16.2. The summed E-state index contributed by atoms with van der Waals surface area (Å²) >= 11 is 5.83. The molecule has 1 aromatic carbocycles. The first-order valence-corrected chi connectivity index (χ1v) is 5.74. The van der Waals surface area contributed by atoms with Gasteiger partial charge in [-0.15, -0.1) is 0 Å². The van der Waals surface area contributed by atoms with E-state index in [-0.39, 0.29) is 18.4 Å². The van der Waals surface area contributed by atoms with Gasteiger partial charge in [0.1, 0.15) is 6.54 Å². The van der Waals surface area contributed by atoms with E-state index in [1.54, 1.807) is 41.1 Å². The van der Waals surface area contributed by atoms with Crippen LogP contribution in [0.4, 0.5) is 0 Å². The summed E-state index contributed by atoms with van der Waals surface area (Å²) in [4.78, 5) is 26.8. The van der Waals surface area contributed by atoms with E-state index in [4.69, 9.17) is 11.6 Å². The summed E-state index contributed by atoms with van der Waals surface area (Å²) in [5.41, 5.74) is 0.523. The number of carbonyl (C=O) groups is 2. The molecule has 0 spiro atoms. The fourth-order valence-corrected chi connectivity index (χ4v) is 1.93. The standard InChI is InChI=1S/C12H13ClN2O2/c1-14-5-6-15(8-11(14)16)12(17)9-3-2-4-10(13)7-9/h2-4,7H,5-6,8H2,1H3. The third-order valence-electron chi connectivity index (χ3n) is 2.82. The summed E-state index contributed by atoms with van der Waals surface area (Å²) in [6.07, 6.45) is 0. The highest BCUT2D eigenvalue weighted by atomic mass is 35.5. The van der Waals surface area contributed by atoms with Gasteiger partial charge in [-0.05, 0) is 18.2 Å². The maximum absolute atomic E-state index is 12.1. The lowest BCUT2D eigenvalue weighted by Gasteiger charge is -2.32. The Morgan fingerprint density at radius 2 is 2.12 bits per heavy atom. The molecule has 1 aliphatic rings. The van der Waals surface area contributed by atoms with Crippen molar-refractivity contribution in [1.29, 1.82) is 0 Å². The second kappa shape index (κ2) is 4.75. The van der Waals surface area contributed by atoms with Crippen LogP contribution in [0.2, 0.25) is 5.02 Å². The highest BCUT2D eigenvalue weighted by Crippen LogP contribution is 2.14. The van der Waals surface area contributed by atoms with Crippen LogP contribution in [-0.2, 0) is 4.79 Å². The molecule has 0 aromatic heterocycles. The van der Waals surface area contributed by atoms with Gasteiger partial charge in [0.2, 0.25) is 5.91 Å². The number of halogens is 1. The SMILES string of the molecule is CN1CCN(C(=O)c2cccc(Cl)c2)CC1=O. The van der Waals surface area contributed by atoms with Crippen LogP contribution >= 0.6 is 11.6 Å². The molecule has 1 heterocycles. The average molecular weight is 253 g/mol. The van der Waals surface area contributed by atoms with Crippen LogP contribution in [0.15, 0.2) is 24.3 Å². The molecule has 0 N–H and O–H groups in total. The van der Waals surface area contributed by atoms with Crippen molar-refractivity contribution in [2.45, 2.75) is 0 Å². The molecule has 2 rings (SSSR count). The second-order valence-corrected chi connectivity index (χ2v) is 4.49. The van der Waals surface area contributed by atoms with Crippen LogP contribution < -0.4 is 0 Å². The Balaban J connectivity index is 2.13. The molecule has 0 aliphatic carbocycles. The number of benzene rings is 1. The van der Waals surface area contributed by atoms with Gasteiger partial charge in [-0.25, -0.2) is 0 Å². The first kappa shape index (κ1) is 11.9. The van der Waals surface area contributed by atoms with Crippen LogP contribution in [0.3, 0.4) is 0 Å². The topological polar surface area (TPSA) is 40.6 Å². The Kier molecular flexibility index (Phi) is 3.33. The molecule has 2 amide bonds. The number of carbonyl (C=O) groups excluding carboxylic acids is 2. The van der Waals surface area contributed by atoms with Gasteiger partial charge in [0.15, 0.2) is 0 Å². The van der Waals surface area contributed by atoms with Gasteiger partial charge in [-0.2, -0.15) is 0 Å². The monoisotopic (exact) mass is 252 g/mol. The van der Waals surface area contributed by atoms with Crippen molar-refractivity contribution in [2.75, 3.05) is 26.7 Å². The minimum Gasteiger partial charge on any atom is -0.342 e. The Bertz CT molecular complexity index is 462. The number of likely N-dealkylation sites (N-methyl/N-ethyl adjacent to an activating group) is 1. The van der Waals surface area contributed by atoms with Crippen LogP contribution in [-0.4, -0.2) is 48.3 Å². The Labute approximate surface area is 105 Å². The number of rotatable bonds is 1. The van der Waals surface area contributed by atoms with Crippen LogP contribution in [0.1, 0.15) is 10.4 Å². The van der Waals surface area contributed by atoms with E-state index < -0.39 is 0 Å². The predicted octanol–water partition coefficient (Wildman–Crippen LogP) is 1.25. The van der Waals surface area contributed by atoms with Gasteiger partial charge in [0.05, 0.1) is 0 Å². The third kappa shape index (κ3) is 2.58. The fraction of sp³-hybridized carbons (Fsp3) is 0.333. The van der Waals surface area contributed by atoms with Gasteiger partial charge in [-0.1, -0.05) is 17.7 Å². The molecule has 1 saturated heterocycles. The molecule has 0 atom stereocenters. The largest absolute Gasteiger partial charge is 0.342 e. The molecule has 5 heteroatoms. The highest BCUT2D eigenvalue weighted by molar-refractivity contribution is 6.30. The zero-order valence-corrected chi connectivity index (χ0v) is 10.3. The van der Waals surface area contributed by atoms with Crippen LogP contribution in [0.25, 0.3) is 0 Å². The number of amides is 2. The van der Waals surface area contributed by atoms with E-state index in [0.717, 1.165) is 0 Å². The number of nitrogens with zero attached hydrogens (tertiary/aromatic N) is 2. The lowest BCUT2D eigenvalue weighted by molar-refractivity contribution is -0.133. The first-order chi connectivity index (χ1) is 8.08. The highest BCUT2D eigenvalue weighted by Gasteiger charge is 2.25. The van der Waals surface area contributed by atoms with Gasteiger partial charge < -0.3 is 9.80 Å². The van der Waals surface area contributed by atoms with Gasteiger partial charge in [-0.3, -0.25) is 9.59 Å². The molecule has 1 fully saturated rings. The van der Waals surface area contributed by atoms with Crippen LogP contribution in [0.5, 0.6) is 0 Å². The molecule has 17 heavy (non-hydrogen) atoms. The molecule has 0 saturated carbocycles. The van der Waals surface area contributed by atoms with Gasteiger partial charge in [0, 0.05) is 30.7 Å². The summed E-state index contributed by atoms with van der Waals surface area (Å²) in [5.74, 6) is -0.180. The molecule has 4 nitrogen and oxygen atoms in total. The molecule has 90 valence electrons. The summed E-state index contributed by atoms with van der Waals surface area (Å²) in [7, 11) is 1.74. The minimum atomic E-state index is -0.144. The molecule has 1 aromatic rings. The molecular weight excluding hydrogens is 240 g/mol. The maximum Gasteiger partial charge on any atom is 0.254 e. The Morgan fingerprint density at radius 1 is 1.35 bits per heavy atom. The predicted molar refractivity (Wildman–Crippen MR) is 65.0 cm³/mol. The quantitative estimate of drug-likeness (QED) is 0.755. The fourth-order valence-electron chi connectivity index (χ4n) is 1.74. The summed E-state index contributed by atoms with van der Waals surface area (Å²) in [6.45, 7) is 1.28. The lowest BCUT2D eigenvalue weighted by atomic mass is 10.2. The number of hydrogen-bond donors (Lipinski definition) is 0. The smallest absolute Gasteiger partial charge is 0.254 e. The molecule has 0 radical (unpaired) electrons. The Hall–Kier alpha value is -1.55. The lowest BCUT2D eigenvalue weighted by Crippen LogP contribution is -2.50. The van der Waals surface area contributed by atoms with Crippen molar-refractivity contribution in [1.82, 2.24) is 9.80 Å². The Morgan fingerprint density at radius 3 is 2.76 bits per heavy atom. The zero-order valence-electron chi connectivity index (χ0n) is 9.52. The van der Waals surface area contributed by atoms with E-state index in [1.165, 1.54) is 0 Å². The third-order valence-corrected chi connectivity index (χ3v) is 3.05. The molecule has 1 aliphatic heterocycles. The minimum absolute atomic E-state index is 0.0355. The molecule has 0 unspecified atom stereocenters. The van der Waals surface area contributed by atoms with Crippen molar-refractivity contribution in [3.8, 4) is 0 Å². The number of piperazine rings is 1. The average Bonchev–Trinajstić information content (AvgIpc) is 2.32. The summed E-state index contributed by atoms with van der Waals surface area (Å²) < 4.78 is 0. The van der Waals surface area contributed by atoms with E-state index in [2.05, 4.69) is 0 Å². The van der Waals surface area contributed by atoms with Crippen molar-refractivity contribution in [3.63, 3.8) is 0 Å². The first-order valence-electron chi connectivity index (χ1n) is 5.37. The second-order valence-electron chi connectivity index (χ2n) is 4.05. The maximum atomic E-state index is 12.1. The van der Waals surface area contributed by atoms with Crippen molar-refractivity contribution in [2.24, 2.45) is 0 Å². The van der Waals surface area contributed by atoms with Crippen molar-refractivity contribution in [3.05, 3.63) is 34.9 Å². The molecule has 0 bridgehead atoms. The number of hydrogen-bond acceptors (Lipinski definition) is 2. The van der Waals surface area contributed by atoms with E-state index >= 15 is 0 Å². The van der Waals surface area contributed by atoms with Gasteiger partial charge >= 0.3 is 0 Å². The van der Waals surface area contributed by atoms with E-state index in [0.29, 0.717) is 23.7 Å². The van der Waals surface area contributed by atoms with Crippen LogP contribution in [0, 0.1) is 0 Å². The van der Waals surface area contributed by atoms with Crippen molar-refractivity contribution >= 4 is 23.4 Å². The summed E-state index contributed by atoms with van der Waals surface area (Å²) in [6, 6.07) is 6.77. The summed E-state index contributed by atoms with van der Waals surface area (Å²) in [5, 5.41) is 0.524. The zero-order chi connectivity index (χ0) is 12.4. The van der Waals surface area contributed by atoms with E-state index in [1.807, 2.05) is 0 Å². The van der Waals surface area contributed by atoms with E-state index in [9.17, 15) is 9.59 Å². The van der Waals surface area contributed by atoms with Crippen molar-refractivity contribution < 1.29 is 9.59 Å². The molecular formula is C12H13ClN2O2.